The normalized spacial score (nSPS) is 16.1. The Morgan fingerprint density at radius 3 is 1.10 bits per heavy atom. The predicted octanol–water partition coefficient (Wildman–Crippen LogP) is 27.0. The molecule has 0 saturated carbocycles. The lowest BCUT2D eigenvalue weighted by Gasteiger charge is -2.35. The molecule has 6 amide bonds. The van der Waals surface area contributed by atoms with Gasteiger partial charge in [0.1, 0.15) is 52.4 Å². The summed E-state index contributed by atoms with van der Waals surface area (Å²) in [6, 6.07) is 24.0. The number of amides is 6. The number of anilines is 4. The number of hydrogen-bond acceptors (Lipinski definition) is 25. The average molecular weight is 2160 g/mol. The molecule has 37 heteroatoms. The van der Waals surface area contributed by atoms with Gasteiger partial charge in [-0.15, -0.1) is 102 Å². The highest BCUT2D eigenvalue weighted by Crippen LogP contribution is 2.53. The molecule has 4 atom stereocenters. The van der Waals surface area contributed by atoms with Crippen molar-refractivity contribution >= 4 is 280 Å². The van der Waals surface area contributed by atoms with Gasteiger partial charge in [-0.2, -0.15) is 0 Å². The average Bonchev–Trinajstić information content (AvgIpc) is 1.61. The molecule has 0 bridgehead atoms. The van der Waals surface area contributed by atoms with E-state index in [0.717, 1.165) is 165 Å². The SMILES string of the molecule is C=CC(=O)Nc1sc2c(c1-c1nc3cc(Br)ccc3s1)CC(C)N(C(=O)OC(C)(C)C)C2.C=CC(=O)Nc1sc2c(c1-c1nc3cc(Br)ccc3s1)CCN(C(=O)OC(C)(C)C)C2C.CC1Cc2c(sc(N)c2-c2nc3cc(Br)ccc3s2)CN1C(=O)OC(C)(C)C.CC1c2sc(N)c(-c3nc4cc(Br)ccc4s3)c2CCN1C(=O)OC(C)(C)C.O=C(Cl)CCCl. The zero-order valence-corrected chi connectivity index (χ0v) is 86.5. The van der Waals surface area contributed by atoms with Crippen molar-refractivity contribution < 1.29 is 52.5 Å². The number of thiophene rings is 4. The number of carbonyl (C=O) groups is 7. The number of fused-ring (bicyclic) bond motifs is 8. The molecule has 668 valence electrons. The molecule has 0 radical (unpaired) electrons. The summed E-state index contributed by atoms with van der Waals surface area (Å²) in [6.07, 6.45) is 4.40. The molecular weight excluding hydrogens is 2060 g/mol. The third kappa shape index (κ3) is 23.4. The molecule has 4 aromatic carbocycles. The number of benzene rings is 4. The Morgan fingerprint density at radius 1 is 0.452 bits per heavy atom. The van der Waals surface area contributed by atoms with E-state index < -0.39 is 22.4 Å². The molecule has 126 heavy (non-hydrogen) atoms. The van der Waals surface area contributed by atoms with E-state index in [1.807, 2.05) is 165 Å². The zero-order chi connectivity index (χ0) is 91.8. The van der Waals surface area contributed by atoms with E-state index in [4.69, 9.17) is 73.6 Å². The third-order valence-corrected chi connectivity index (χ3v) is 31.1. The number of ether oxygens (including phenoxy) is 4. The van der Waals surface area contributed by atoms with E-state index in [1.165, 1.54) is 46.0 Å². The Balaban J connectivity index is 0.000000150. The molecular formula is C89H96Br4Cl2N12O11S8. The Labute approximate surface area is 807 Å². The molecule has 4 aliphatic heterocycles. The van der Waals surface area contributed by atoms with Crippen LogP contribution in [0, 0.1) is 0 Å². The van der Waals surface area contributed by atoms with Crippen LogP contribution in [-0.2, 0) is 72.1 Å². The fraction of sp³-hybridized carbons (Fsp3) is 0.382. The summed E-state index contributed by atoms with van der Waals surface area (Å²) >= 11 is 36.6. The van der Waals surface area contributed by atoms with E-state index in [1.54, 1.807) is 87.6 Å². The molecule has 0 saturated heterocycles. The molecule has 4 unspecified atom stereocenters. The number of hydrogen-bond donors (Lipinski definition) is 4. The van der Waals surface area contributed by atoms with E-state index in [-0.39, 0.29) is 72.0 Å². The van der Waals surface area contributed by atoms with Crippen molar-refractivity contribution in [2.75, 3.05) is 41.1 Å². The second-order valence-electron chi connectivity index (χ2n) is 34.0. The number of rotatable bonds is 10. The number of nitrogens with two attached hydrogens (primary N) is 2. The summed E-state index contributed by atoms with van der Waals surface area (Å²) in [6.45, 7) is 39.9. The molecule has 0 fully saturated rings. The summed E-state index contributed by atoms with van der Waals surface area (Å²) < 4.78 is 30.8. The van der Waals surface area contributed by atoms with E-state index in [0.29, 0.717) is 44.9 Å². The zero-order valence-electron chi connectivity index (χ0n) is 72.1. The lowest BCUT2D eigenvalue weighted by Crippen LogP contribution is -2.44. The van der Waals surface area contributed by atoms with Crippen LogP contribution in [0.5, 0.6) is 0 Å². The molecule has 0 spiro atoms. The fourth-order valence-electron chi connectivity index (χ4n) is 14.3. The first kappa shape index (κ1) is 97.6. The van der Waals surface area contributed by atoms with E-state index in [9.17, 15) is 33.6 Å². The van der Waals surface area contributed by atoms with Crippen molar-refractivity contribution in [1.82, 2.24) is 39.5 Å². The minimum absolute atomic E-state index is 0.0404. The molecule has 0 aliphatic carbocycles. The van der Waals surface area contributed by atoms with Gasteiger partial charge in [0.15, 0.2) is 0 Å². The Bertz CT molecular complexity index is 6150. The topological polar surface area (TPSA) is 297 Å². The van der Waals surface area contributed by atoms with Crippen LogP contribution in [0.3, 0.4) is 0 Å². The van der Waals surface area contributed by atoms with Crippen LogP contribution in [0.15, 0.2) is 116 Å². The highest BCUT2D eigenvalue weighted by atomic mass is 79.9. The van der Waals surface area contributed by atoms with E-state index in [2.05, 4.69) is 107 Å². The summed E-state index contributed by atoms with van der Waals surface area (Å²) in [4.78, 5) is 116. The molecule has 6 N–H and O–H groups in total. The van der Waals surface area contributed by atoms with Crippen LogP contribution in [0.1, 0.15) is 171 Å². The van der Waals surface area contributed by atoms with Gasteiger partial charge in [-0.3, -0.25) is 14.4 Å². The van der Waals surface area contributed by atoms with Gasteiger partial charge in [0.25, 0.3) is 0 Å². The minimum atomic E-state index is -0.559. The molecule has 4 aliphatic rings. The van der Waals surface area contributed by atoms with E-state index >= 15 is 0 Å². The van der Waals surface area contributed by atoms with Gasteiger partial charge >= 0.3 is 24.4 Å². The van der Waals surface area contributed by atoms with Crippen LogP contribution in [0.25, 0.3) is 83.2 Å². The van der Waals surface area contributed by atoms with Gasteiger partial charge in [0.05, 0.1) is 76.0 Å². The van der Waals surface area contributed by atoms with Crippen LogP contribution >= 0.6 is 178 Å². The van der Waals surface area contributed by atoms with Crippen LogP contribution < -0.4 is 22.1 Å². The molecule has 12 aromatic rings. The number of aromatic nitrogens is 4. The molecule has 23 nitrogen and oxygen atoms in total. The van der Waals surface area contributed by atoms with Crippen molar-refractivity contribution in [2.45, 2.75) is 203 Å². The summed E-state index contributed by atoms with van der Waals surface area (Å²) in [7, 11) is 0. The lowest BCUT2D eigenvalue weighted by atomic mass is 9.97. The summed E-state index contributed by atoms with van der Waals surface area (Å²) in [5, 5.41) is 12.1. The lowest BCUT2D eigenvalue weighted by molar-refractivity contribution is -0.112. The van der Waals surface area contributed by atoms with Crippen LogP contribution in [0.4, 0.5) is 39.2 Å². The second-order valence-corrected chi connectivity index (χ2v) is 47.0. The standard InChI is InChI=1S/2C23H24BrN3O3S2.2C20H22BrN3O2S2.C3H4Cl2O/c1-6-18(28)26-21-19(20-25-15-10-13(24)7-8-16(15)31-20)14-9-12(2)27(11-17(14)32-21)22(29)30-23(3,4)5;1-6-17(28)26-21-18(20-25-15-11-13(24)7-8-16(15)31-20)14-9-10-27(12(2)19(14)32-21)22(29)30-23(3,4)5;1-10-7-12-15(9-24(10)19(25)26-20(2,3)4)27-17(22)16(12)18-23-13-8-11(21)5-6-14(13)28-18;1-10-16-12(7-8-24(10)19(25)26-20(2,3)4)15(17(22)28-16)18-23-13-9-11(21)5-6-14(13)27-18;4-2-1-3(5)6/h6-8,10,12H,1,9,11H2,2-5H3,(H,26,28);6-8,11-12H,1,9-10H2,2-5H3,(H,26,28);5-6,8,10H,7,9,22H2,1-4H3;5-6,9-10H,7-8,22H2,1-4H3;1-2H2. The van der Waals surface area contributed by atoms with Crippen molar-refractivity contribution in [3.8, 4) is 42.3 Å². The minimum Gasteiger partial charge on any atom is -0.444 e. The number of thiazole rings is 4. The maximum absolute atomic E-state index is 12.8. The highest BCUT2D eigenvalue weighted by molar-refractivity contribution is 9.11. The van der Waals surface area contributed by atoms with Gasteiger partial charge in [0.2, 0.25) is 17.1 Å². The highest BCUT2D eigenvalue weighted by Gasteiger charge is 2.41. The van der Waals surface area contributed by atoms with Gasteiger partial charge in [-0.25, -0.2) is 39.1 Å². The van der Waals surface area contributed by atoms with Crippen molar-refractivity contribution in [1.29, 1.82) is 0 Å². The van der Waals surface area contributed by atoms with Crippen LogP contribution in [0.2, 0.25) is 0 Å². The predicted molar refractivity (Wildman–Crippen MR) is 535 cm³/mol. The Morgan fingerprint density at radius 2 is 0.754 bits per heavy atom. The summed E-state index contributed by atoms with van der Waals surface area (Å²) in [5.41, 5.74) is 23.1. The monoisotopic (exact) mass is 2150 g/mol. The van der Waals surface area contributed by atoms with Gasteiger partial charge < -0.3 is 60.6 Å². The molecule has 16 rings (SSSR count). The first-order chi connectivity index (χ1) is 59.1. The second kappa shape index (κ2) is 40.1. The largest absolute Gasteiger partial charge is 0.444 e. The third-order valence-electron chi connectivity index (χ3n) is 19.8. The number of nitrogen functional groups attached to an aromatic ring is 2. The quantitative estimate of drug-likeness (QED) is 0.0428. The Hall–Kier alpha value is -7.49. The first-order valence-electron chi connectivity index (χ1n) is 40.1. The smallest absolute Gasteiger partial charge is 0.410 e. The van der Waals surface area contributed by atoms with Gasteiger partial charge in [-0.05, 0) is 255 Å². The summed E-state index contributed by atoms with van der Waals surface area (Å²) in [5.74, 6) is -0.224. The maximum Gasteiger partial charge on any atom is 0.410 e. The molecule has 12 heterocycles. The van der Waals surface area contributed by atoms with Crippen molar-refractivity contribution in [3.63, 3.8) is 0 Å². The number of alkyl halides is 1. The van der Waals surface area contributed by atoms with Crippen molar-refractivity contribution in [2.24, 2.45) is 0 Å². The number of halogens is 6. The molecule has 8 aromatic heterocycles. The number of carbonyl (C=O) groups excluding carboxylic acids is 7. The van der Waals surface area contributed by atoms with Crippen LogP contribution in [-0.4, -0.2) is 134 Å². The van der Waals surface area contributed by atoms with Gasteiger partial charge in [0, 0.05) is 97.1 Å². The van der Waals surface area contributed by atoms with Gasteiger partial charge in [-0.1, -0.05) is 76.9 Å². The fourth-order valence-corrected chi connectivity index (χ4v) is 25.2. The number of nitrogens with one attached hydrogen (secondary N) is 2. The first-order valence-corrected chi connectivity index (χ1v) is 50.7. The van der Waals surface area contributed by atoms with Crippen molar-refractivity contribution in [3.05, 3.63) is 158 Å². The maximum atomic E-state index is 12.8. The number of nitrogens with zero attached hydrogens (tertiary/aromatic N) is 8. The Kier molecular flexibility index (Phi) is 31.0.